The summed E-state index contributed by atoms with van der Waals surface area (Å²) in [5.74, 6) is 0.104. The number of rotatable bonds is 2. The lowest BCUT2D eigenvalue weighted by Gasteiger charge is -2.19. The van der Waals surface area contributed by atoms with E-state index in [4.69, 9.17) is 14.6 Å². The summed E-state index contributed by atoms with van der Waals surface area (Å²) in [6.45, 7) is -0.160. The number of carbonyl (C=O) groups excluding carboxylic acids is 1. The number of carbonyl (C=O) groups is 1. The second-order valence-corrected chi connectivity index (χ2v) is 2.26. The van der Waals surface area contributed by atoms with E-state index in [1.165, 1.54) is 13.2 Å². The third-order valence-electron chi connectivity index (χ3n) is 1.46. The Bertz CT molecular complexity index is 185. The summed E-state index contributed by atoms with van der Waals surface area (Å²) >= 11 is 0. The van der Waals surface area contributed by atoms with Crippen LogP contribution in [0.3, 0.4) is 0 Å². The van der Waals surface area contributed by atoms with E-state index in [2.05, 4.69) is 0 Å². The van der Waals surface area contributed by atoms with Gasteiger partial charge in [-0.25, -0.2) is 4.79 Å². The molecule has 0 fully saturated rings. The van der Waals surface area contributed by atoms with Gasteiger partial charge >= 0.3 is 5.97 Å². The fourth-order valence-electron chi connectivity index (χ4n) is 0.899. The topological polar surface area (TPSA) is 55.8 Å². The highest BCUT2D eigenvalue weighted by Crippen LogP contribution is 2.14. The molecular formula is C7H10O4. The number of aliphatic hydroxyl groups is 1. The van der Waals surface area contributed by atoms with Crippen LogP contribution in [0.25, 0.3) is 0 Å². The summed E-state index contributed by atoms with van der Waals surface area (Å²) in [6, 6.07) is 0. The van der Waals surface area contributed by atoms with Crippen LogP contribution in [0.4, 0.5) is 0 Å². The van der Waals surface area contributed by atoms with Crippen LogP contribution in [0, 0.1) is 0 Å². The van der Waals surface area contributed by atoms with Crippen molar-refractivity contribution in [3.63, 3.8) is 0 Å². The van der Waals surface area contributed by atoms with Crippen LogP contribution in [0.2, 0.25) is 0 Å². The van der Waals surface area contributed by atoms with Gasteiger partial charge in [0.05, 0.1) is 19.8 Å². The van der Waals surface area contributed by atoms with Gasteiger partial charge in [-0.05, 0) is 0 Å². The van der Waals surface area contributed by atoms with E-state index < -0.39 is 12.1 Å². The molecule has 0 aromatic rings. The van der Waals surface area contributed by atoms with Crippen molar-refractivity contribution in [2.75, 3.05) is 13.7 Å². The first-order valence-electron chi connectivity index (χ1n) is 3.32. The summed E-state index contributed by atoms with van der Waals surface area (Å²) in [6.07, 6.45) is 1.30. The number of esters is 1. The zero-order valence-corrected chi connectivity index (χ0v) is 6.24. The van der Waals surface area contributed by atoms with Crippen LogP contribution in [-0.4, -0.2) is 30.9 Å². The monoisotopic (exact) mass is 158 g/mol. The van der Waals surface area contributed by atoms with Crippen LogP contribution in [-0.2, 0) is 14.3 Å². The molecule has 4 nitrogen and oxygen atoms in total. The molecule has 4 heteroatoms. The molecule has 0 saturated heterocycles. The van der Waals surface area contributed by atoms with Gasteiger partial charge in [-0.15, -0.1) is 0 Å². The van der Waals surface area contributed by atoms with Gasteiger partial charge in [0.25, 0.3) is 0 Å². The molecule has 0 radical (unpaired) electrons. The molecule has 1 heterocycles. The van der Waals surface area contributed by atoms with Gasteiger partial charge in [0.15, 0.2) is 0 Å². The van der Waals surface area contributed by atoms with E-state index in [0.29, 0.717) is 12.2 Å². The highest BCUT2D eigenvalue weighted by Gasteiger charge is 2.20. The van der Waals surface area contributed by atoms with Crippen LogP contribution < -0.4 is 0 Å². The lowest BCUT2D eigenvalue weighted by Crippen LogP contribution is -2.26. The number of hydrogen-bond acceptors (Lipinski definition) is 4. The Morgan fingerprint density at radius 3 is 3.18 bits per heavy atom. The van der Waals surface area contributed by atoms with Crippen LogP contribution in [0.5, 0.6) is 0 Å². The molecule has 0 aliphatic carbocycles. The molecule has 0 spiro atoms. The van der Waals surface area contributed by atoms with Crippen LogP contribution in [0.15, 0.2) is 11.8 Å². The summed E-state index contributed by atoms with van der Waals surface area (Å²) in [5.41, 5.74) is 0. The largest absolute Gasteiger partial charge is 0.501 e. The third kappa shape index (κ3) is 1.94. The van der Waals surface area contributed by atoms with E-state index in [0.717, 1.165) is 0 Å². The van der Waals surface area contributed by atoms with Crippen molar-refractivity contribution in [1.29, 1.82) is 0 Å². The standard InChI is InChI=1S/C7H10O4/c1-10-5-2-6(4-8)11-7(9)3-5/h3,6,8H,2,4H2,1H3. The maximum Gasteiger partial charge on any atom is 0.334 e. The van der Waals surface area contributed by atoms with E-state index in [9.17, 15) is 4.79 Å². The summed E-state index contributed by atoms with van der Waals surface area (Å²) in [4.78, 5) is 10.7. The van der Waals surface area contributed by atoms with E-state index in [-0.39, 0.29) is 6.61 Å². The molecule has 1 rings (SSSR count). The molecule has 1 unspecified atom stereocenters. The third-order valence-corrected chi connectivity index (χ3v) is 1.46. The minimum absolute atomic E-state index is 0.160. The van der Waals surface area contributed by atoms with Crippen LogP contribution >= 0.6 is 0 Å². The highest BCUT2D eigenvalue weighted by molar-refractivity contribution is 5.83. The molecule has 1 aliphatic heterocycles. The second-order valence-electron chi connectivity index (χ2n) is 2.26. The number of hydrogen-bond donors (Lipinski definition) is 1. The Hall–Kier alpha value is -1.03. The lowest BCUT2D eigenvalue weighted by molar-refractivity contribution is -0.147. The van der Waals surface area contributed by atoms with Gasteiger partial charge in [0.2, 0.25) is 0 Å². The fourth-order valence-corrected chi connectivity index (χ4v) is 0.899. The van der Waals surface area contributed by atoms with Crippen LogP contribution in [0.1, 0.15) is 6.42 Å². The first-order chi connectivity index (χ1) is 5.26. The average Bonchev–Trinajstić information content (AvgIpc) is 2.03. The maximum absolute atomic E-state index is 10.7. The highest BCUT2D eigenvalue weighted by atomic mass is 16.6. The van der Waals surface area contributed by atoms with E-state index in [1.807, 2.05) is 0 Å². The molecule has 11 heavy (non-hydrogen) atoms. The Labute approximate surface area is 64.4 Å². The van der Waals surface area contributed by atoms with Gasteiger partial charge in [0.1, 0.15) is 11.9 Å². The molecule has 1 atom stereocenters. The minimum atomic E-state index is -0.452. The fraction of sp³-hybridized carbons (Fsp3) is 0.571. The second kappa shape index (κ2) is 3.39. The van der Waals surface area contributed by atoms with Crippen molar-refractivity contribution >= 4 is 5.97 Å². The van der Waals surface area contributed by atoms with Crippen molar-refractivity contribution in [3.8, 4) is 0 Å². The van der Waals surface area contributed by atoms with E-state index in [1.54, 1.807) is 0 Å². The first-order valence-corrected chi connectivity index (χ1v) is 3.32. The van der Waals surface area contributed by atoms with E-state index >= 15 is 0 Å². The average molecular weight is 158 g/mol. The van der Waals surface area contributed by atoms with Crippen molar-refractivity contribution in [1.82, 2.24) is 0 Å². The molecule has 0 aromatic heterocycles. The van der Waals surface area contributed by atoms with Crippen molar-refractivity contribution in [2.45, 2.75) is 12.5 Å². The summed E-state index contributed by atoms with van der Waals surface area (Å²) in [5, 5.41) is 8.66. The molecular weight excluding hydrogens is 148 g/mol. The lowest BCUT2D eigenvalue weighted by atomic mass is 10.2. The smallest absolute Gasteiger partial charge is 0.334 e. The predicted molar refractivity (Wildman–Crippen MR) is 36.7 cm³/mol. The molecule has 62 valence electrons. The van der Waals surface area contributed by atoms with Gasteiger partial charge in [0, 0.05) is 6.42 Å². The maximum atomic E-state index is 10.7. The first kappa shape index (κ1) is 8.07. The minimum Gasteiger partial charge on any atom is -0.501 e. The zero-order valence-electron chi connectivity index (χ0n) is 6.24. The molecule has 0 amide bonds. The molecule has 0 bridgehead atoms. The van der Waals surface area contributed by atoms with Gasteiger partial charge < -0.3 is 14.6 Å². The Morgan fingerprint density at radius 2 is 2.64 bits per heavy atom. The SMILES string of the molecule is COC1=CC(=O)OC(CO)C1. The predicted octanol–water partition coefficient (Wildman–Crippen LogP) is -0.176. The normalized spacial score (nSPS) is 24.0. The number of aliphatic hydroxyl groups excluding tert-OH is 1. The summed E-state index contributed by atoms with van der Waals surface area (Å²) in [7, 11) is 1.48. The molecule has 1 N–H and O–H groups in total. The zero-order chi connectivity index (χ0) is 8.27. The number of methoxy groups -OCH3 is 1. The van der Waals surface area contributed by atoms with Crippen molar-refractivity contribution in [2.24, 2.45) is 0 Å². The van der Waals surface area contributed by atoms with Gasteiger partial charge in [-0.2, -0.15) is 0 Å². The van der Waals surface area contributed by atoms with Gasteiger partial charge in [-0.3, -0.25) is 0 Å². The Balaban J connectivity index is 2.61. The number of cyclic esters (lactones) is 1. The Kier molecular flexibility index (Phi) is 2.48. The molecule has 1 aliphatic rings. The Morgan fingerprint density at radius 1 is 1.91 bits per heavy atom. The molecule has 0 saturated carbocycles. The van der Waals surface area contributed by atoms with Gasteiger partial charge in [-0.1, -0.05) is 0 Å². The number of ether oxygens (including phenoxy) is 2. The quantitative estimate of drug-likeness (QED) is 0.566. The van der Waals surface area contributed by atoms with Crippen molar-refractivity contribution < 1.29 is 19.4 Å². The molecule has 0 aromatic carbocycles. The van der Waals surface area contributed by atoms with Crippen molar-refractivity contribution in [3.05, 3.63) is 11.8 Å². The summed E-state index contributed by atoms with van der Waals surface area (Å²) < 4.78 is 9.57.